The van der Waals surface area contributed by atoms with E-state index in [9.17, 15) is 0 Å². The molecule has 1 aromatic heterocycles. The molecule has 0 saturated carbocycles. The monoisotopic (exact) mass is 340 g/mol. The zero-order chi connectivity index (χ0) is 13.7. The summed E-state index contributed by atoms with van der Waals surface area (Å²) < 4.78 is 6.33. The Hall–Kier alpha value is -0.910. The topological polar surface area (TPSA) is 34.2 Å². The first-order valence-electron chi connectivity index (χ1n) is 6.19. The van der Waals surface area contributed by atoms with Crippen molar-refractivity contribution in [2.75, 3.05) is 7.11 Å². The molecule has 0 amide bonds. The van der Waals surface area contributed by atoms with Gasteiger partial charge in [0.1, 0.15) is 10.8 Å². The van der Waals surface area contributed by atoms with Gasteiger partial charge in [0.15, 0.2) is 0 Å². The fourth-order valence-electron chi connectivity index (χ4n) is 1.71. The van der Waals surface area contributed by atoms with Crippen molar-refractivity contribution in [1.82, 2.24) is 10.3 Å². The first-order valence-corrected chi connectivity index (χ1v) is 7.80. The second kappa shape index (κ2) is 7.03. The molecule has 5 heteroatoms. The van der Waals surface area contributed by atoms with Crippen LogP contribution in [0.3, 0.4) is 0 Å². The van der Waals surface area contributed by atoms with Gasteiger partial charge in [-0.3, -0.25) is 0 Å². The minimum Gasteiger partial charge on any atom is -0.497 e. The van der Waals surface area contributed by atoms with Gasteiger partial charge in [0.05, 0.1) is 7.11 Å². The second-order valence-electron chi connectivity index (χ2n) is 4.13. The summed E-state index contributed by atoms with van der Waals surface area (Å²) in [6.07, 6.45) is 3.02. The largest absolute Gasteiger partial charge is 0.497 e. The fourth-order valence-corrected chi connectivity index (χ4v) is 2.93. The van der Waals surface area contributed by atoms with E-state index in [4.69, 9.17) is 4.74 Å². The molecule has 1 N–H and O–H groups in total. The molecular formula is C14H17BrN2OS. The van der Waals surface area contributed by atoms with E-state index >= 15 is 0 Å². The smallest absolute Gasteiger partial charge is 0.119 e. The zero-order valence-corrected chi connectivity index (χ0v) is 13.5. The van der Waals surface area contributed by atoms with Crippen LogP contribution in [0, 0.1) is 0 Å². The van der Waals surface area contributed by atoms with Crippen molar-refractivity contribution in [1.29, 1.82) is 0 Å². The number of benzene rings is 1. The Morgan fingerprint density at radius 3 is 2.89 bits per heavy atom. The average molecular weight is 341 g/mol. The van der Waals surface area contributed by atoms with Crippen LogP contribution >= 0.6 is 27.3 Å². The Morgan fingerprint density at radius 1 is 1.37 bits per heavy atom. The maximum Gasteiger partial charge on any atom is 0.119 e. The summed E-state index contributed by atoms with van der Waals surface area (Å²) in [5, 5.41) is 4.54. The number of methoxy groups -OCH3 is 1. The van der Waals surface area contributed by atoms with E-state index in [2.05, 4.69) is 33.2 Å². The zero-order valence-electron chi connectivity index (χ0n) is 11.1. The van der Waals surface area contributed by atoms with Gasteiger partial charge >= 0.3 is 0 Å². The van der Waals surface area contributed by atoms with Gasteiger partial charge in [-0.25, -0.2) is 4.98 Å². The molecule has 0 saturated heterocycles. The van der Waals surface area contributed by atoms with Gasteiger partial charge in [-0.15, -0.1) is 11.3 Å². The molecule has 0 fully saturated rings. The molecule has 2 aromatic rings. The number of rotatable bonds is 6. The van der Waals surface area contributed by atoms with Gasteiger partial charge in [0.2, 0.25) is 0 Å². The summed E-state index contributed by atoms with van der Waals surface area (Å²) in [5.74, 6) is 0.877. The van der Waals surface area contributed by atoms with Crippen LogP contribution in [-0.4, -0.2) is 12.1 Å². The van der Waals surface area contributed by atoms with Crippen molar-refractivity contribution < 1.29 is 4.74 Å². The number of thiazole rings is 1. The van der Waals surface area contributed by atoms with Crippen LogP contribution in [0.4, 0.5) is 0 Å². The number of nitrogens with one attached hydrogen (secondary N) is 1. The van der Waals surface area contributed by atoms with Crippen LogP contribution in [0.5, 0.6) is 5.75 Å². The molecule has 0 aliphatic heterocycles. The third-order valence-corrected chi connectivity index (χ3v) is 4.71. The molecule has 19 heavy (non-hydrogen) atoms. The normalized spacial score (nSPS) is 10.7. The molecule has 0 unspecified atom stereocenters. The predicted molar refractivity (Wildman–Crippen MR) is 82.7 cm³/mol. The van der Waals surface area contributed by atoms with Crippen molar-refractivity contribution in [2.45, 2.75) is 26.4 Å². The van der Waals surface area contributed by atoms with Crippen molar-refractivity contribution in [3.63, 3.8) is 0 Å². The number of aryl methyl sites for hydroxylation is 1. The lowest BCUT2D eigenvalue weighted by Crippen LogP contribution is -2.12. The highest BCUT2D eigenvalue weighted by molar-refractivity contribution is 9.10. The Balaban J connectivity index is 1.91. The Kier molecular flexibility index (Phi) is 5.36. The van der Waals surface area contributed by atoms with E-state index in [1.54, 1.807) is 18.4 Å². The number of ether oxygens (including phenoxy) is 1. The van der Waals surface area contributed by atoms with Crippen LogP contribution in [0.2, 0.25) is 0 Å². The van der Waals surface area contributed by atoms with Crippen LogP contribution in [0.1, 0.15) is 22.4 Å². The minimum atomic E-state index is 0.790. The first-order chi connectivity index (χ1) is 9.22. The standard InChI is InChI=1S/C14H17BrN2OS/c1-3-12-8-17-14(19-12)9-16-7-10-6-11(18-2)4-5-13(10)15/h4-6,8,16H,3,7,9H2,1-2H3. The van der Waals surface area contributed by atoms with E-state index in [1.807, 2.05) is 24.4 Å². The number of hydrogen-bond acceptors (Lipinski definition) is 4. The van der Waals surface area contributed by atoms with Gasteiger partial charge in [-0.05, 0) is 30.2 Å². The van der Waals surface area contributed by atoms with Crippen LogP contribution in [0.15, 0.2) is 28.9 Å². The van der Waals surface area contributed by atoms with E-state index in [0.717, 1.165) is 34.7 Å². The van der Waals surface area contributed by atoms with E-state index < -0.39 is 0 Å². The predicted octanol–water partition coefficient (Wildman–Crippen LogP) is 3.77. The Bertz CT molecular complexity index is 542. The van der Waals surface area contributed by atoms with Gasteiger partial charge in [-0.1, -0.05) is 22.9 Å². The van der Waals surface area contributed by atoms with Crippen LogP contribution < -0.4 is 10.1 Å². The third-order valence-electron chi connectivity index (χ3n) is 2.79. The molecule has 0 aliphatic carbocycles. The van der Waals surface area contributed by atoms with Crippen molar-refractivity contribution in [3.8, 4) is 5.75 Å². The highest BCUT2D eigenvalue weighted by atomic mass is 79.9. The van der Waals surface area contributed by atoms with Gasteiger partial charge in [0, 0.05) is 28.6 Å². The molecule has 0 bridgehead atoms. The molecule has 1 heterocycles. The van der Waals surface area contributed by atoms with E-state index in [1.165, 1.54) is 10.4 Å². The summed E-state index contributed by atoms with van der Waals surface area (Å²) >= 11 is 5.32. The number of hydrogen-bond donors (Lipinski definition) is 1. The summed E-state index contributed by atoms with van der Waals surface area (Å²) in [6.45, 7) is 3.74. The number of aromatic nitrogens is 1. The van der Waals surface area contributed by atoms with Crippen molar-refractivity contribution in [2.24, 2.45) is 0 Å². The molecule has 0 atom stereocenters. The molecule has 0 radical (unpaired) electrons. The van der Waals surface area contributed by atoms with Gasteiger partial charge in [0.25, 0.3) is 0 Å². The highest BCUT2D eigenvalue weighted by Gasteiger charge is 2.04. The lowest BCUT2D eigenvalue weighted by molar-refractivity contribution is 0.414. The molecule has 0 aliphatic rings. The summed E-state index contributed by atoms with van der Waals surface area (Å²) in [4.78, 5) is 5.73. The number of halogens is 1. The third kappa shape index (κ3) is 4.03. The summed E-state index contributed by atoms with van der Waals surface area (Å²) in [5.41, 5.74) is 1.19. The molecule has 1 aromatic carbocycles. The Labute approximate surface area is 126 Å². The molecule has 102 valence electrons. The molecule has 2 rings (SSSR count). The van der Waals surface area contributed by atoms with E-state index in [-0.39, 0.29) is 0 Å². The SMILES string of the molecule is CCc1cnc(CNCc2cc(OC)ccc2Br)s1. The molecule has 0 spiro atoms. The van der Waals surface area contributed by atoms with Gasteiger partial charge < -0.3 is 10.1 Å². The van der Waals surface area contributed by atoms with Crippen LogP contribution in [-0.2, 0) is 19.5 Å². The lowest BCUT2D eigenvalue weighted by atomic mass is 10.2. The molecule has 3 nitrogen and oxygen atoms in total. The minimum absolute atomic E-state index is 0.790. The molecular weight excluding hydrogens is 324 g/mol. The van der Waals surface area contributed by atoms with Gasteiger partial charge in [-0.2, -0.15) is 0 Å². The number of nitrogens with zero attached hydrogens (tertiary/aromatic N) is 1. The quantitative estimate of drug-likeness (QED) is 0.869. The maximum absolute atomic E-state index is 5.23. The summed E-state index contributed by atoms with van der Waals surface area (Å²) in [7, 11) is 1.68. The van der Waals surface area contributed by atoms with E-state index in [0.29, 0.717) is 0 Å². The average Bonchev–Trinajstić information content (AvgIpc) is 2.89. The van der Waals surface area contributed by atoms with Crippen LogP contribution in [0.25, 0.3) is 0 Å². The van der Waals surface area contributed by atoms with Crippen molar-refractivity contribution in [3.05, 3.63) is 44.3 Å². The second-order valence-corrected chi connectivity index (χ2v) is 6.19. The maximum atomic E-state index is 5.23. The highest BCUT2D eigenvalue weighted by Crippen LogP contribution is 2.22. The fraction of sp³-hybridized carbons (Fsp3) is 0.357. The van der Waals surface area contributed by atoms with Crippen molar-refractivity contribution >= 4 is 27.3 Å². The summed E-state index contributed by atoms with van der Waals surface area (Å²) in [6, 6.07) is 5.99. The first kappa shape index (κ1) is 14.5. The lowest BCUT2D eigenvalue weighted by Gasteiger charge is -2.08. The Morgan fingerprint density at radius 2 is 2.21 bits per heavy atom.